The molecule has 1 aliphatic rings. The molecule has 0 radical (unpaired) electrons. The molecule has 2 aromatic carbocycles. The van der Waals surface area contributed by atoms with E-state index >= 15 is 0 Å². The lowest BCUT2D eigenvalue weighted by Gasteiger charge is -2.21. The first kappa shape index (κ1) is 20.0. The van der Waals surface area contributed by atoms with E-state index in [1.807, 2.05) is 19.3 Å². The van der Waals surface area contributed by atoms with Gasteiger partial charge in [-0.25, -0.2) is 12.8 Å². The van der Waals surface area contributed by atoms with Crippen LogP contribution in [0.3, 0.4) is 0 Å². The lowest BCUT2D eigenvalue weighted by atomic mass is 10.1. The van der Waals surface area contributed by atoms with Crippen LogP contribution in [0.4, 0.5) is 4.39 Å². The molecule has 160 valence electrons. The molecule has 31 heavy (non-hydrogen) atoms. The lowest BCUT2D eigenvalue weighted by Crippen LogP contribution is -2.34. The fraction of sp³-hybridized carbons (Fsp3) is 0.261. The van der Waals surface area contributed by atoms with Gasteiger partial charge in [0.15, 0.2) is 0 Å². The number of benzene rings is 2. The Morgan fingerprint density at radius 1 is 1.16 bits per heavy atom. The van der Waals surface area contributed by atoms with Crippen molar-refractivity contribution in [2.45, 2.75) is 30.8 Å². The second-order valence-corrected chi connectivity index (χ2v) is 10.0. The Morgan fingerprint density at radius 3 is 2.77 bits per heavy atom. The van der Waals surface area contributed by atoms with Crippen LogP contribution in [0.1, 0.15) is 13.3 Å². The van der Waals surface area contributed by atoms with Crippen molar-refractivity contribution in [2.75, 3.05) is 6.54 Å². The van der Waals surface area contributed by atoms with E-state index in [-0.39, 0.29) is 16.9 Å². The van der Waals surface area contributed by atoms with E-state index in [1.54, 1.807) is 12.3 Å². The molecule has 0 saturated carbocycles. The van der Waals surface area contributed by atoms with Crippen molar-refractivity contribution in [3.05, 3.63) is 72.9 Å². The van der Waals surface area contributed by atoms with Gasteiger partial charge in [-0.2, -0.15) is 9.40 Å². The Kier molecular flexibility index (Phi) is 4.91. The fourth-order valence-electron chi connectivity index (χ4n) is 4.58. The van der Waals surface area contributed by atoms with Crippen LogP contribution in [0.15, 0.2) is 72.0 Å². The van der Waals surface area contributed by atoms with E-state index in [0.717, 1.165) is 28.5 Å². The topological polar surface area (TPSA) is 71.0 Å². The average Bonchev–Trinajstić information content (AvgIpc) is 3.49. The highest BCUT2D eigenvalue weighted by Crippen LogP contribution is 2.32. The highest BCUT2D eigenvalue weighted by molar-refractivity contribution is 7.89. The minimum Gasteiger partial charge on any atom is -0.347 e. The smallest absolute Gasteiger partial charge is 0.246 e. The first-order valence-corrected chi connectivity index (χ1v) is 11.7. The summed E-state index contributed by atoms with van der Waals surface area (Å²) in [6.07, 6.45) is 6.44. The molecular formula is C23H23FN4O2S. The number of H-pyrrole nitrogens is 1. The van der Waals surface area contributed by atoms with Gasteiger partial charge in [0.25, 0.3) is 0 Å². The molecule has 1 N–H and O–H groups in total. The quantitative estimate of drug-likeness (QED) is 0.506. The largest absolute Gasteiger partial charge is 0.347 e. The first-order chi connectivity index (χ1) is 14.9. The van der Waals surface area contributed by atoms with Crippen molar-refractivity contribution in [3.8, 4) is 11.1 Å². The fourth-order valence-corrected chi connectivity index (χ4v) is 6.37. The van der Waals surface area contributed by atoms with Crippen LogP contribution < -0.4 is 0 Å². The second kappa shape index (κ2) is 7.62. The molecule has 6 nitrogen and oxygen atoms in total. The second-order valence-electron chi connectivity index (χ2n) is 8.18. The summed E-state index contributed by atoms with van der Waals surface area (Å²) < 4.78 is 43.9. The van der Waals surface area contributed by atoms with E-state index in [1.165, 1.54) is 22.5 Å². The van der Waals surface area contributed by atoms with E-state index < -0.39 is 15.8 Å². The first-order valence-electron chi connectivity index (χ1n) is 10.3. The standard InChI is InChI=1S/C23H23FN4O2S/c1-16-10-17(15-28(16)31(29,30)23-5-3-2-4-21(23)24)14-27-9-8-19-11-18(6-7-22(19)27)20-12-25-26-13-20/h2-9,11-13,16-17H,10,14-15H2,1H3,(H,25,26)/t16-,17+/m1/s1. The molecule has 1 aliphatic heterocycles. The molecule has 1 fully saturated rings. The van der Waals surface area contributed by atoms with Gasteiger partial charge in [-0.15, -0.1) is 0 Å². The number of rotatable bonds is 5. The number of nitrogens with zero attached hydrogens (tertiary/aromatic N) is 3. The SMILES string of the molecule is C[C@@H]1C[C@@H](Cn2ccc3cc(-c4cn[nH]c4)ccc32)CN1S(=O)(=O)c1ccccc1F. The average molecular weight is 439 g/mol. The molecular weight excluding hydrogens is 415 g/mol. The van der Waals surface area contributed by atoms with E-state index in [9.17, 15) is 12.8 Å². The number of fused-ring (bicyclic) bond motifs is 1. The van der Waals surface area contributed by atoms with Crippen molar-refractivity contribution in [2.24, 2.45) is 5.92 Å². The monoisotopic (exact) mass is 438 g/mol. The number of halogens is 1. The maximum absolute atomic E-state index is 14.2. The molecule has 2 aromatic heterocycles. The van der Waals surface area contributed by atoms with Crippen molar-refractivity contribution in [1.29, 1.82) is 0 Å². The van der Waals surface area contributed by atoms with Crippen molar-refractivity contribution in [3.63, 3.8) is 0 Å². The number of hydrogen-bond acceptors (Lipinski definition) is 3. The van der Waals surface area contributed by atoms with Crippen LogP contribution in [-0.2, 0) is 16.6 Å². The molecule has 8 heteroatoms. The zero-order valence-electron chi connectivity index (χ0n) is 17.1. The Morgan fingerprint density at radius 2 is 2.00 bits per heavy atom. The summed E-state index contributed by atoms with van der Waals surface area (Å²) in [6.45, 7) is 2.98. The third kappa shape index (κ3) is 3.55. The Bertz CT molecular complexity index is 1330. The molecule has 4 aromatic rings. The zero-order valence-corrected chi connectivity index (χ0v) is 17.9. The summed E-state index contributed by atoms with van der Waals surface area (Å²) in [6, 6.07) is 13.8. The van der Waals surface area contributed by atoms with E-state index in [0.29, 0.717) is 13.1 Å². The van der Waals surface area contributed by atoms with Crippen LogP contribution in [0.5, 0.6) is 0 Å². The van der Waals surface area contributed by atoms with Crippen molar-refractivity contribution < 1.29 is 12.8 Å². The number of sulfonamides is 1. The van der Waals surface area contributed by atoms with Gasteiger partial charge in [-0.1, -0.05) is 18.2 Å². The summed E-state index contributed by atoms with van der Waals surface area (Å²) in [7, 11) is -3.86. The van der Waals surface area contributed by atoms with E-state index in [4.69, 9.17) is 0 Å². The molecule has 5 rings (SSSR count). The minimum atomic E-state index is -3.86. The summed E-state index contributed by atoms with van der Waals surface area (Å²) >= 11 is 0. The normalized spacial score (nSPS) is 19.9. The molecule has 0 amide bonds. The van der Waals surface area contributed by atoms with Gasteiger partial charge in [0.2, 0.25) is 10.0 Å². The van der Waals surface area contributed by atoms with Crippen LogP contribution in [0, 0.1) is 11.7 Å². The summed E-state index contributed by atoms with van der Waals surface area (Å²) in [5, 5.41) is 7.96. The summed E-state index contributed by atoms with van der Waals surface area (Å²) in [5.41, 5.74) is 3.24. The van der Waals surface area contributed by atoms with Gasteiger partial charge >= 0.3 is 0 Å². The third-order valence-electron chi connectivity index (χ3n) is 6.08. The lowest BCUT2D eigenvalue weighted by molar-refractivity contribution is 0.396. The zero-order chi connectivity index (χ0) is 21.6. The van der Waals surface area contributed by atoms with Crippen LogP contribution >= 0.6 is 0 Å². The van der Waals surface area contributed by atoms with Gasteiger partial charge in [-0.05, 0) is 55.2 Å². The Labute approximate surface area is 180 Å². The Hall–Kier alpha value is -2.97. The van der Waals surface area contributed by atoms with Gasteiger partial charge in [-0.3, -0.25) is 5.10 Å². The molecule has 0 aliphatic carbocycles. The number of aromatic nitrogens is 3. The molecule has 0 bridgehead atoms. The maximum atomic E-state index is 14.2. The van der Waals surface area contributed by atoms with Crippen LogP contribution in [0.2, 0.25) is 0 Å². The van der Waals surface area contributed by atoms with Crippen LogP contribution in [0.25, 0.3) is 22.0 Å². The highest BCUT2D eigenvalue weighted by Gasteiger charge is 2.39. The van der Waals surface area contributed by atoms with E-state index in [2.05, 4.69) is 39.0 Å². The van der Waals surface area contributed by atoms with Crippen molar-refractivity contribution >= 4 is 20.9 Å². The number of nitrogens with one attached hydrogen (secondary N) is 1. The molecule has 1 saturated heterocycles. The molecule has 0 spiro atoms. The number of hydrogen-bond donors (Lipinski definition) is 1. The highest BCUT2D eigenvalue weighted by atomic mass is 32.2. The minimum absolute atomic E-state index is 0.153. The Balaban J connectivity index is 1.37. The predicted octanol–water partition coefficient (Wildman–Crippen LogP) is 4.27. The third-order valence-corrected chi connectivity index (χ3v) is 8.10. The van der Waals surface area contributed by atoms with Gasteiger partial charge in [0.1, 0.15) is 10.7 Å². The summed E-state index contributed by atoms with van der Waals surface area (Å²) in [4.78, 5) is -0.249. The van der Waals surface area contributed by atoms with Crippen molar-refractivity contribution in [1.82, 2.24) is 19.1 Å². The van der Waals surface area contributed by atoms with Gasteiger partial charge in [0, 0.05) is 48.0 Å². The van der Waals surface area contributed by atoms with Crippen LogP contribution in [-0.4, -0.2) is 40.1 Å². The predicted molar refractivity (Wildman–Crippen MR) is 117 cm³/mol. The van der Waals surface area contributed by atoms with Gasteiger partial charge in [0.05, 0.1) is 6.20 Å². The molecule has 3 heterocycles. The van der Waals surface area contributed by atoms with Gasteiger partial charge < -0.3 is 4.57 Å². The number of aromatic amines is 1. The molecule has 0 unspecified atom stereocenters. The molecule has 2 atom stereocenters. The maximum Gasteiger partial charge on any atom is 0.246 e. The summed E-state index contributed by atoms with van der Waals surface area (Å²) in [5.74, 6) is -0.552.